The van der Waals surface area contributed by atoms with E-state index in [0.29, 0.717) is 11.8 Å². The molecule has 39 heavy (non-hydrogen) atoms. The highest BCUT2D eigenvalue weighted by Gasteiger charge is 2.29. The molecule has 0 aliphatic rings. The van der Waals surface area contributed by atoms with Crippen LogP contribution in [-0.2, 0) is 27.7 Å². The lowest BCUT2D eigenvalue weighted by Gasteiger charge is -2.18. The highest BCUT2D eigenvalue weighted by atomic mass is 35.5. The molecule has 0 aliphatic heterocycles. The zero-order valence-electron chi connectivity index (χ0n) is 21.2. The number of rotatable bonds is 8. The maximum absolute atomic E-state index is 13.5. The van der Waals surface area contributed by atoms with E-state index in [1.807, 2.05) is 38.1 Å². The van der Waals surface area contributed by atoms with Crippen LogP contribution < -0.4 is 15.1 Å². The predicted molar refractivity (Wildman–Crippen MR) is 150 cm³/mol. The fourth-order valence-corrected chi connectivity index (χ4v) is 5.83. The number of benzene rings is 3. The van der Waals surface area contributed by atoms with Crippen LogP contribution in [0.25, 0.3) is 21.9 Å². The summed E-state index contributed by atoms with van der Waals surface area (Å²) in [5.74, 6) is -0.921. The maximum Gasteiger partial charge on any atom is 0.336 e. The van der Waals surface area contributed by atoms with Crippen molar-refractivity contribution in [2.75, 3.05) is 0 Å². The number of aromatic amines is 1. The van der Waals surface area contributed by atoms with Gasteiger partial charge in [-0.25, -0.2) is 18.0 Å². The van der Waals surface area contributed by atoms with Gasteiger partial charge in [-0.2, -0.15) is 4.72 Å². The van der Waals surface area contributed by atoms with Crippen molar-refractivity contribution < 1.29 is 22.4 Å². The number of carbonyl (C=O) groups excluding carboxylic acids is 1. The summed E-state index contributed by atoms with van der Waals surface area (Å²) in [6.45, 7) is 3.74. The zero-order chi connectivity index (χ0) is 27.7. The molecule has 0 fully saturated rings. The molecule has 10 heteroatoms. The van der Waals surface area contributed by atoms with Crippen LogP contribution >= 0.6 is 11.6 Å². The number of halogens is 1. The summed E-state index contributed by atoms with van der Waals surface area (Å²) < 4.78 is 39.9. The van der Waals surface area contributed by atoms with Gasteiger partial charge in [0.2, 0.25) is 10.0 Å². The number of aryl methyl sites for hydroxylation is 2. The van der Waals surface area contributed by atoms with Crippen LogP contribution in [0.2, 0.25) is 5.02 Å². The molecule has 0 spiro atoms. The third kappa shape index (κ3) is 5.61. The van der Waals surface area contributed by atoms with E-state index in [0.717, 1.165) is 27.6 Å². The van der Waals surface area contributed by atoms with E-state index in [1.165, 1.54) is 24.3 Å². The van der Waals surface area contributed by atoms with Crippen molar-refractivity contribution in [1.82, 2.24) is 9.71 Å². The molecule has 0 amide bonds. The Morgan fingerprint density at radius 2 is 1.79 bits per heavy atom. The number of hydrogen-bond acceptors (Lipinski definition) is 6. The van der Waals surface area contributed by atoms with E-state index in [-0.39, 0.29) is 27.7 Å². The molecule has 0 saturated heterocycles. The van der Waals surface area contributed by atoms with Gasteiger partial charge in [0, 0.05) is 41.0 Å². The zero-order valence-corrected chi connectivity index (χ0v) is 22.7. The van der Waals surface area contributed by atoms with Gasteiger partial charge < -0.3 is 14.1 Å². The molecule has 5 aromatic rings. The van der Waals surface area contributed by atoms with Gasteiger partial charge in [0.1, 0.15) is 11.6 Å². The predicted octanol–water partition coefficient (Wildman–Crippen LogP) is 5.29. The van der Waals surface area contributed by atoms with Crippen molar-refractivity contribution in [2.24, 2.45) is 0 Å². The Bertz CT molecular complexity index is 1860. The smallest absolute Gasteiger partial charge is 0.336 e. The molecule has 0 bridgehead atoms. The Hall–Kier alpha value is -3.92. The number of sulfonamides is 1. The van der Waals surface area contributed by atoms with Crippen LogP contribution in [0.3, 0.4) is 0 Å². The standard InChI is InChI=1S/C29H25ClN2O6S/c1-3-18-13-28(33)37-26-15-27(23(30)14-22(18)26)38-29(34)25(12-19-16-31-24-7-5-4-6-21(19)24)32-39(35,36)20-10-8-17(2)9-11-20/h4-11,13-16,25,31-32H,3,12H2,1-2H3/t25-/m1/s1. The average molecular weight is 565 g/mol. The van der Waals surface area contributed by atoms with Gasteiger partial charge in [0.25, 0.3) is 0 Å². The number of para-hydroxylation sites is 1. The van der Waals surface area contributed by atoms with Crippen molar-refractivity contribution in [2.45, 2.75) is 37.6 Å². The second kappa shape index (κ2) is 10.7. The minimum atomic E-state index is -4.08. The SMILES string of the molecule is CCc1cc(=O)oc2cc(OC(=O)[C@@H](Cc3c[nH]c4ccccc34)NS(=O)(=O)c3ccc(C)cc3)c(Cl)cc12. The topological polar surface area (TPSA) is 118 Å². The quantitative estimate of drug-likeness (QED) is 0.150. The van der Waals surface area contributed by atoms with Crippen molar-refractivity contribution in [3.05, 3.63) is 105 Å². The van der Waals surface area contributed by atoms with Crippen molar-refractivity contribution in [3.63, 3.8) is 0 Å². The Balaban J connectivity index is 1.51. The average Bonchev–Trinajstić information content (AvgIpc) is 3.31. The van der Waals surface area contributed by atoms with Gasteiger partial charge in [0.05, 0.1) is 9.92 Å². The number of hydrogen-bond donors (Lipinski definition) is 2. The van der Waals surface area contributed by atoms with E-state index >= 15 is 0 Å². The first-order valence-corrected chi connectivity index (χ1v) is 14.1. The second-order valence-corrected chi connectivity index (χ2v) is 11.3. The van der Waals surface area contributed by atoms with Gasteiger partial charge >= 0.3 is 11.6 Å². The second-order valence-electron chi connectivity index (χ2n) is 9.19. The molecule has 0 radical (unpaired) electrons. The van der Waals surface area contributed by atoms with E-state index in [2.05, 4.69) is 9.71 Å². The summed E-state index contributed by atoms with van der Waals surface area (Å²) in [6, 6.07) is 16.8. The van der Waals surface area contributed by atoms with Crippen LogP contribution in [0, 0.1) is 6.92 Å². The minimum Gasteiger partial charge on any atom is -0.424 e. The maximum atomic E-state index is 13.5. The van der Waals surface area contributed by atoms with Gasteiger partial charge in [-0.1, -0.05) is 54.4 Å². The Morgan fingerprint density at radius 3 is 2.54 bits per heavy atom. The summed E-state index contributed by atoms with van der Waals surface area (Å²) in [5.41, 5.74) is 2.88. The Kier molecular flexibility index (Phi) is 7.31. The van der Waals surface area contributed by atoms with E-state index in [4.69, 9.17) is 20.8 Å². The molecule has 2 N–H and O–H groups in total. The van der Waals surface area contributed by atoms with Crippen LogP contribution in [0.4, 0.5) is 0 Å². The molecule has 0 unspecified atom stereocenters. The molecule has 8 nitrogen and oxygen atoms in total. The third-order valence-electron chi connectivity index (χ3n) is 6.49. The minimum absolute atomic E-state index is 0.00814. The lowest BCUT2D eigenvalue weighted by atomic mass is 10.1. The first-order chi connectivity index (χ1) is 18.6. The summed E-state index contributed by atoms with van der Waals surface area (Å²) in [7, 11) is -4.08. The van der Waals surface area contributed by atoms with Crippen molar-refractivity contribution in [1.29, 1.82) is 0 Å². The highest BCUT2D eigenvalue weighted by molar-refractivity contribution is 7.89. The summed E-state index contributed by atoms with van der Waals surface area (Å²) in [6.07, 6.45) is 2.31. The van der Waals surface area contributed by atoms with Crippen LogP contribution in [0.15, 0.2) is 87.0 Å². The van der Waals surface area contributed by atoms with E-state index in [9.17, 15) is 18.0 Å². The van der Waals surface area contributed by atoms with Gasteiger partial charge in [-0.3, -0.25) is 0 Å². The molecule has 3 aromatic carbocycles. The Labute approximate surface area is 229 Å². The molecule has 2 aromatic heterocycles. The fourth-order valence-electron chi connectivity index (χ4n) is 4.44. The van der Waals surface area contributed by atoms with Crippen LogP contribution in [0.5, 0.6) is 5.75 Å². The van der Waals surface area contributed by atoms with Crippen LogP contribution in [-0.4, -0.2) is 25.4 Å². The molecule has 0 saturated carbocycles. The van der Waals surface area contributed by atoms with Gasteiger partial charge in [-0.15, -0.1) is 0 Å². The molecule has 200 valence electrons. The van der Waals surface area contributed by atoms with E-state index in [1.54, 1.807) is 24.4 Å². The number of carbonyl (C=O) groups is 1. The molecule has 2 heterocycles. The number of nitrogens with one attached hydrogen (secondary N) is 2. The summed E-state index contributed by atoms with van der Waals surface area (Å²) in [5, 5.41) is 1.59. The number of aromatic nitrogens is 1. The van der Waals surface area contributed by atoms with Crippen molar-refractivity contribution in [3.8, 4) is 5.75 Å². The number of esters is 1. The first-order valence-electron chi connectivity index (χ1n) is 12.3. The third-order valence-corrected chi connectivity index (χ3v) is 8.27. The molecular weight excluding hydrogens is 540 g/mol. The number of ether oxygens (including phenoxy) is 1. The molecule has 1 atom stereocenters. The monoisotopic (exact) mass is 564 g/mol. The lowest BCUT2D eigenvalue weighted by Crippen LogP contribution is -2.44. The molecular formula is C29H25ClN2O6S. The summed E-state index contributed by atoms with van der Waals surface area (Å²) in [4.78, 5) is 28.7. The Morgan fingerprint density at radius 1 is 1.05 bits per heavy atom. The first kappa shape index (κ1) is 26.7. The number of fused-ring (bicyclic) bond motifs is 2. The largest absolute Gasteiger partial charge is 0.424 e. The lowest BCUT2D eigenvalue weighted by molar-refractivity contribution is -0.136. The van der Waals surface area contributed by atoms with E-state index < -0.39 is 27.7 Å². The summed E-state index contributed by atoms with van der Waals surface area (Å²) >= 11 is 6.44. The highest BCUT2D eigenvalue weighted by Crippen LogP contribution is 2.32. The van der Waals surface area contributed by atoms with Gasteiger partial charge in [0.15, 0.2) is 5.75 Å². The van der Waals surface area contributed by atoms with Crippen LogP contribution in [0.1, 0.15) is 23.6 Å². The normalized spacial score (nSPS) is 12.6. The molecule has 5 rings (SSSR count). The molecule has 0 aliphatic carbocycles. The fraction of sp³-hybridized carbons (Fsp3) is 0.172. The number of H-pyrrole nitrogens is 1. The van der Waals surface area contributed by atoms with Gasteiger partial charge in [-0.05, 0) is 48.7 Å². The van der Waals surface area contributed by atoms with Crippen molar-refractivity contribution >= 4 is 49.5 Å².